The van der Waals surface area contributed by atoms with Crippen LogP contribution in [0.3, 0.4) is 0 Å². The van der Waals surface area contributed by atoms with Crippen molar-refractivity contribution < 1.29 is 10.0 Å². The molecule has 1 amide bonds. The number of hydrogen-bond donors (Lipinski definition) is 3. The van der Waals surface area contributed by atoms with Crippen LogP contribution in [-0.4, -0.2) is 28.0 Å². The number of carbonyl (C=O) groups is 1. The van der Waals surface area contributed by atoms with Crippen LogP contribution in [0.5, 0.6) is 0 Å². The van der Waals surface area contributed by atoms with E-state index in [2.05, 4.69) is 15.5 Å². The number of nitrogens with zero attached hydrogens (tertiary/aromatic N) is 2. The average Bonchev–Trinajstić information content (AvgIpc) is 2.37. The first-order chi connectivity index (χ1) is 8.45. The van der Waals surface area contributed by atoms with Crippen molar-refractivity contribution in [3.63, 3.8) is 0 Å². The molecule has 0 saturated carbocycles. The van der Waals surface area contributed by atoms with Gasteiger partial charge in [-0.15, -0.1) is 0 Å². The van der Waals surface area contributed by atoms with E-state index < -0.39 is 0 Å². The summed E-state index contributed by atoms with van der Waals surface area (Å²) in [6.07, 6.45) is 1.39. The van der Waals surface area contributed by atoms with Gasteiger partial charge >= 0.3 is 0 Å². The van der Waals surface area contributed by atoms with Crippen LogP contribution in [0, 0.1) is 5.92 Å². The maximum absolute atomic E-state index is 11.8. The standard InChI is InChI=1S/C12H18N4O2/c1-7(2)8(3)15-12(17)10-5-4-9(6-14-10)11(13)16-18/h4-8,18H,1-3H3,(H2,13,16)(H,15,17). The first kappa shape index (κ1) is 14.0. The van der Waals surface area contributed by atoms with Gasteiger partial charge in [0.05, 0.1) is 0 Å². The number of nitrogens with two attached hydrogens (primary N) is 1. The van der Waals surface area contributed by atoms with Gasteiger partial charge in [-0.3, -0.25) is 9.78 Å². The number of rotatable bonds is 4. The molecule has 1 unspecified atom stereocenters. The second-order valence-corrected chi connectivity index (χ2v) is 4.42. The molecule has 0 saturated heterocycles. The third-order valence-corrected chi connectivity index (χ3v) is 2.76. The van der Waals surface area contributed by atoms with Crippen LogP contribution >= 0.6 is 0 Å². The second-order valence-electron chi connectivity index (χ2n) is 4.42. The van der Waals surface area contributed by atoms with Gasteiger partial charge in [-0.05, 0) is 25.0 Å². The predicted molar refractivity (Wildman–Crippen MR) is 68.5 cm³/mol. The minimum absolute atomic E-state index is 0.0370. The zero-order chi connectivity index (χ0) is 13.7. The topological polar surface area (TPSA) is 101 Å². The first-order valence-corrected chi connectivity index (χ1v) is 5.70. The van der Waals surface area contributed by atoms with E-state index in [-0.39, 0.29) is 17.8 Å². The molecular formula is C12H18N4O2. The lowest BCUT2D eigenvalue weighted by molar-refractivity contribution is 0.0925. The number of oxime groups is 1. The maximum atomic E-state index is 11.8. The summed E-state index contributed by atoms with van der Waals surface area (Å²) in [6, 6.07) is 3.19. The average molecular weight is 250 g/mol. The van der Waals surface area contributed by atoms with Crippen molar-refractivity contribution >= 4 is 11.7 Å². The highest BCUT2D eigenvalue weighted by Crippen LogP contribution is 2.04. The number of nitrogens with one attached hydrogen (secondary N) is 1. The van der Waals surface area contributed by atoms with Crippen molar-refractivity contribution in [3.05, 3.63) is 29.6 Å². The fraction of sp³-hybridized carbons (Fsp3) is 0.417. The lowest BCUT2D eigenvalue weighted by atomic mass is 10.1. The molecule has 6 heteroatoms. The van der Waals surface area contributed by atoms with E-state index in [0.717, 1.165) is 0 Å². The van der Waals surface area contributed by atoms with E-state index >= 15 is 0 Å². The Balaban J connectivity index is 2.76. The molecule has 1 rings (SSSR count). The summed E-state index contributed by atoms with van der Waals surface area (Å²) in [5.74, 6) is 0.0812. The minimum Gasteiger partial charge on any atom is -0.409 e. The van der Waals surface area contributed by atoms with Gasteiger partial charge in [0, 0.05) is 17.8 Å². The third-order valence-electron chi connectivity index (χ3n) is 2.76. The fourth-order valence-electron chi connectivity index (χ4n) is 1.18. The Morgan fingerprint density at radius 2 is 2.11 bits per heavy atom. The van der Waals surface area contributed by atoms with Gasteiger partial charge in [0.25, 0.3) is 5.91 Å². The maximum Gasteiger partial charge on any atom is 0.270 e. The summed E-state index contributed by atoms with van der Waals surface area (Å²) in [7, 11) is 0. The molecule has 1 atom stereocenters. The molecule has 0 aromatic carbocycles. The normalized spacial score (nSPS) is 13.4. The van der Waals surface area contributed by atoms with E-state index in [0.29, 0.717) is 17.2 Å². The zero-order valence-electron chi connectivity index (χ0n) is 10.7. The lowest BCUT2D eigenvalue weighted by Crippen LogP contribution is -2.36. The molecule has 0 aliphatic rings. The van der Waals surface area contributed by atoms with E-state index in [1.54, 1.807) is 6.07 Å². The van der Waals surface area contributed by atoms with E-state index in [9.17, 15) is 4.79 Å². The summed E-state index contributed by atoms with van der Waals surface area (Å²) in [5, 5.41) is 14.2. The van der Waals surface area contributed by atoms with E-state index in [1.165, 1.54) is 12.3 Å². The SMILES string of the molecule is CC(C)C(C)NC(=O)c1ccc(/C(N)=N/O)cn1. The van der Waals surface area contributed by atoms with Crippen molar-refractivity contribution in [1.29, 1.82) is 0 Å². The van der Waals surface area contributed by atoms with Gasteiger partial charge in [0.1, 0.15) is 5.69 Å². The molecule has 0 spiro atoms. The van der Waals surface area contributed by atoms with E-state index in [4.69, 9.17) is 10.9 Å². The monoisotopic (exact) mass is 250 g/mol. The molecule has 0 fully saturated rings. The minimum atomic E-state index is -0.234. The van der Waals surface area contributed by atoms with Gasteiger partial charge in [0.2, 0.25) is 0 Å². The second kappa shape index (κ2) is 6.00. The van der Waals surface area contributed by atoms with Gasteiger partial charge in [-0.1, -0.05) is 19.0 Å². The molecule has 1 aromatic heterocycles. The van der Waals surface area contributed by atoms with Gasteiger partial charge in [-0.2, -0.15) is 0 Å². The largest absolute Gasteiger partial charge is 0.409 e. The molecule has 1 heterocycles. The Morgan fingerprint density at radius 3 is 2.56 bits per heavy atom. The van der Waals surface area contributed by atoms with Crippen LogP contribution < -0.4 is 11.1 Å². The summed E-state index contributed by atoms with van der Waals surface area (Å²) in [6.45, 7) is 5.99. The highest BCUT2D eigenvalue weighted by Gasteiger charge is 2.13. The summed E-state index contributed by atoms with van der Waals surface area (Å²) in [5.41, 5.74) is 6.17. The summed E-state index contributed by atoms with van der Waals surface area (Å²) < 4.78 is 0. The summed E-state index contributed by atoms with van der Waals surface area (Å²) >= 11 is 0. The molecule has 0 aliphatic carbocycles. The van der Waals surface area contributed by atoms with Crippen molar-refractivity contribution in [2.75, 3.05) is 0 Å². The quantitative estimate of drug-likeness (QED) is 0.320. The van der Waals surface area contributed by atoms with Crippen LogP contribution in [0.4, 0.5) is 0 Å². The lowest BCUT2D eigenvalue weighted by Gasteiger charge is -2.16. The Bertz CT molecular complexity index is 440. The Labute approximate surface area is 106 Å². The van der Waals surface area contributed by atoms with Gasteiger partial charge in [0.15, 0.2) is 5.84 Å². The molecular weight excluding hydrogens is 232 g/mol. The molecule has 6 nitrogen and oxygen atoms in total. The number of amidine groups is 1. The molecule has 98 valence electrons. The number of aromatic nitrogens is 1. The van der Waals surface area contributed by atoms with Crippen LogP contribution in [0.1, 0.15) is 36.8 Å². The third kappa shape index (κ3) is 3.44. The van der Waals surface area contributed by atoms with Gasteiger partial charge in [-0.25, -0.2) is 0 Å². The Morgan fingerprint density at radius 1 is 1.44 bits per heavy atom. The molecule has 0 radical (unpaired) electrons. The van der Waals surface area contributed by atoms with Crippen LogP contribution in [0.25, 0.3) is 0 Å². The predicted octanol–water partition coefficient (Wildman–Crippen LogP) is 0.950. The molecule has 18 heavy (non-hydrogen) atoms. The summed E-state index contributed by atoms with van der Waals surface area (Å²) in [4.78, 5) is 15.8. The number of amides is 1. The Hall–Kier alpha value is -2.11. The highest BCUT2D eigenvalue weighted by atomic mass is 16.4. The van der Waals surface area contributed by atoms with Crippen LogP contribution in [-0.2, 0) is 0 Å². The zero-order valence-corrected chi connectivity index (χ0v) is 10.7. The first-order valence-electron chi connectivity index (χ1n) is 5.70. The molecule has 0 aliphatic heterocycles. The van der Waals surface area contributed by atoms with Crippen molar-refractivity contribution in [1.82, 2.24) is 10.3 Å². The molecule has 1 aromatic rings. The highest BCUT2D eigenvalue weighted by molar-refractivity contribution is 5.98. The fourth-order valence-corrected chi connectivity index (χ4v) is 1.18. The van der Waals surface area contributed by atoms with Crippen molar-refractivity contribution in [2.45, 2.75) is 26.8 Å². The number of pyridine rings is 1. The van der Waals surface area contributed by atoms with Crippen molar-refractivity contribution in [2.24, 2.45) is 16.8 Å². The molecule has 4 N–H and O–H groups in total. The van der Waals surface area contributed by atoms with Gasteiger partial charge < -0.3 is 16.3 Å². The number of carbonyl (C=O) groups excluding carboxylic acids is 1. The Kier molecular flexibility index (Phi) is 4.65. The van der Waals surface area contributed by atoms with Crippen LogP contribution in [0.15, 0.2) is 23.5 Å². The number of hydrogen-bond acceptors (Lipinski definition) is 4. The van der Waals surface area contributed by atoms with E-state index in [1.807, 2.05) is 20.8 Å². The molecule has 0 bridgehead atoms. The van der Waals surface area contributed by atoms with Crippen LogP contribution in [0.2, 0.25) is 0 Å². The smallest absolute Gasteiger partial charge is 0.270 e. The van der Waals surface area contributed by atoms with Crippen molar-refractivity contribution in [3.8, 4) is 0 Å².